The molecule has 0 saturated carbocycles. The van der Waals surface area contributed by atoms with Crippen LogP contribution in [0.5, 0.6) is 0 Å². The average Bonchev–Trinajstić information content (AvgIpc) is 2.36. The number of carboxylic acids is 2. The van der Waals surface area contributed by atoms with Crippen LogP contribution >= 0.6 is 0 Å². The van der Waals surface area contributed by atoms with Gasteiger partial charge in [0, 0.05) is 51.5 Å². The van der Waals surface area contributed by atoms with Crippen molar-refractivity contribution in [3.63, 3.8) is 0 Å². The van der Waals surface area contributed by atoms with Gasteiger partial charge in [0.25, 0.3) is 0 Å². The Morgan fingerprint density at radius 3 is 1.08 bits per heavy atom. The second-order valence-corrected chi connectivity index (χ2v) is 4.76. The maximum atomic E-state index is 10.4. The van der Waals surface area contributed by atoms with Gasteiger partial charge in [0.1, 0.15) is 11.6 Å². The Hall–Kier alpha value is -2.05. The molecule has 1 radical (unpaired) electrons. The monoisotopic (exact) mass is 387 g/mol. The van der Waals surface area contributed by atoms with Crippen LogP contribution in [0.4, 0.5) is 0 Å². The van der Waals surface area contributed by atoms with Crippen LogP contribution in [-0.2, 0) is 33.5 Å². The zero-order valence-electron chi connectivity index (χ0n) is 15.5. The molecule has 0 spiro atoms. The Morgan fingerprint density at radius 2 is 0.962 bits per heavy atom. The first-order valence-corrected chi connectivity index (χ1v) is 7.58. The van der Waals surface area contributed by atoms with Crippen LogP contribution in [0.1, 0.15) is 66.2 Å². The van der Waals surface area contributed by atoms with E-state index >= 15 is 0 Å². The smallest absolute Gasteiger partial charge is 0.550 e. The van der Waals surface area contributed by atoms with Crippen molar-refractivity contribution in [1.82, 2.24) is 0 Å². The fourth-order valence-electron chi connectivity index (χ4n) is 1.26. The summed E-state index contributed by atoms with van der Waals surface area (Å²) in [4.78, 5) is 60.0. The van der Waals surface area contributed by atoms with E-state index in [0.29, 0.717) is 25.7 Å². The van der Waals surface area contributed by atoms with E-state index in [1.807, 2.05) is 13.8 Å². The number of hydrogen-bond donors (Lipinski definition) is 0. The zero-order valence-corrected chi connectivity index (χ0v) is 16.6. The van der Waals surface area contributed by atoms with Gasteiger partial charge in [-0.2, -0.15) is 0 Å². The number of aliphatic carboxylic acids is 2. The summed E-state index contributed by atoms with van der Waals surface area (Å²) in [5.41, 5.74) is 0. The Balaban J connectivity index is -0.000000138. The first kappa shape index (κ1) is 31.7. The van der Waals surface area contributed by atoms with Gasteiger partial charge in [-0.3, -0.25) is 19.2 Å². The molecule has 0 aliphatic rings. The number of rotatable bonds is 8. The average molecular weight is 387 g/mol. The topological polar surface area (TPSA) is 158 Å². The van der Waals surface area contributed by atoms with Crippen LogP contribution in [-0.4, -0.2) is 52.8 Å². The molecule has 0 amide bonds. The van der Waals surface area contributed by atoms with Crippen LogP contribution in [0, 0.1) is 0 Å². The van der Waals surface area contributed by atoms with E-state index in [4.69, 9.17) is 0 Å². The van der Waals surface area contributed by atoms with E-state index in [2.05, 4.69) is 4.74 Å². The minimum absolute atomic E-state index is 0. The fourth-order valence-corrected chi connectivity index (χ4v) is 1.26. The molecule has 0 bridgehead atoms. The predicted octanol–water partition coefficient (Wildman–Crippen LogP) is -1.29. The minimum Gasteiger partial charge on any atom is -0.550 e. The second-order valence-electron chi connectivity index (χ2n) is 4.76. The summed E-state index contributed by atoms with van der Waals surface area (Å²) in [7, 11) is 0. The number of hydrogen-bond acceptors (Lipinski definition) is 9. The normalized spacial score (nSPS) is 8.31. The van der Waals surface area contributed by atoms with E-state index in [0.717, 1.165) is 0 Å². The summed E-state index contributed by atoms with van der Waals surface area (Å²) >= 11 is 0. The number of ether oxygens (including phenoxy) is 1. The molecule has 0 aromatic heterocycles. The van der Waals surface area contributed by atoms with Crippen molar-refractivity contribution in [2.24, 2.45) is 0 Å². The Bertz CT molecular complexity index is 430. The molecule has 0 fully saturated rings. The largest absolute Gasteiger partial charge is 2.00 e. The third kappa shape index (κ3) is 37.9. The number of carbonyl (C=O) groups is 6. The van der Waals surface area contributed by atoms with Crippen molar-refractivity contribution in [1.29, 1.82) is 0 Å². The molecular formula is C16H24AlO9. The number of ketones is 2. The van der Waals surface area contributed by atoms with Crippen molar-refractivity contribution >= 4 is 52.8 Å². The molecule has 9 nitrogen and oxygen atoms in total. The molecular weight excluding hydrogens is 363 g/mol. The molecule has 0 aliphatic heterocycles. The molecule has 26 heavy (non-hydrogen) atoms. The SMILES string of the molecule is CC(=O)OC(C)=O.CCCC(=O)CC(=O)[O-].CCCC(=O)CC(=O)[O-].[Al+2]. The summed E-state index contributed by atoms with van der Waals surface area (Å²) in [6, 6.07) is 0. The Labute approximate surface area is 163 Å². The summed E-state index contributed by atoms with van der Waals surface area (Å²) in [5.74, 6) is -4.20. The molecule has 0 rings (SSSR count). The van der Waals surface area contributed by atoms with E-state index < -0.39 is 36.7 Å². The van der Waals surface area contributed by atoms with E-state index in [1.165, 1.54) is 13.8 Å². The third-order valence-electron chi connectivity index (χ3n) is 2.03. The molecule has 145 valence electrons. The molecule has 0 unspecified atom stereocenters. The molecule has 0 N–H and O–H groups in total. The molecule has 0 aromatic rings. The van der Waals surface area contributed by atoms with Crippen LogP contribution in [0.3, 0.4) is 0 Å². The summed E-state index contributed by atoms with van der Waals surface area (Å²) in [5, 5.41) is 19.5. The van der Waals surface area contributed by atoms with Crippen LogP contribution in [0.15, 0.2) is 0 Å². The summed E-state index contributed by atoms with van der Waals surface area (Å²) in [6.45, 7) is 6.02. The van der Waals surface area contributed by atoms with Crippen LogP contribution in [0.25, 0.3) is 0 Å². The van der Waals surface area contributed by atoms with Gasteiger partial charge < -0.3 is 24.5 Å². The van der Waals surface area contributed by atoms with Crippen molar-refractivity contribution in [2.45, 2.75) is 66.2 Å². The maximum absolute atomic E-state index is 10.4. The quantitative estimate of drug-likeness (QED) is 0.280. The zero-order chi connectivity index (χ0) is 20.4. The van der Waals surface area contributed by atoms with Crippen molar-refractivity contribution in [2.75, 3.05) is 0 Å². The van der Waals surface area contributed by atoms with Crippen LogP contribution < -0.4 is 10.2 Å². The molecule has 0 aliphatic carbocycles. The van der Waals surface area contributed by atoms with E-state index in [1.54, 1.807) is 0 Å². The summed E-state index contributed by atoms with van der Waals surface area (Å²) in [6.07, 6.45) is 1.21. The standard InChI is InChI=1S/2C6H10O3.C4H6O3.Al/c2*1-2-3-5(7)4-6(8)9;1-3(5)7-4(2)6;/h2*2-4H2,1H3,(H,8,9);1-2H3;/q;;;+2/p-2. The predicted molar refractivity (Wildman–Crippen MR) is 87.3 cm³/mol. The number of esters is 2. The van der Waals surface area contributed by atoms with Gasteiger partial charge >= 0.3 is 29.3 Å². The van der Waals surface area contributed by atoms with Crippen molar-refractivity contribution < 1.29 is 43.7 Å². The van der Waals surface area contributed by atoms with Gasteiger partial charge in [-0.1, -0.05) is 13.8 Å². The molecule has 0 saturated heterocycles. The maximum Gasteiger partial charge on any atom is 2.00 e. The number of Topliss-reactive ketones (excluding diaryl/α,β-unsaturated/α-hetero) is 2. The second kappa shape index (κ2) is 21.0. The van der Waals surface area contributed by atoms with Gasteiger partial charge in [-0.15, -0.1) is 0 Å². The summed E-state index contributed by atoms with van der Waals surface area (Å²) < 4.78 is 3.97. The van der Waals surface area contributed by atoms with Gasteiger partial charge in [-0.25, -0.2) is 0 Å². The third-order valence-corrected chi connectivity index (χ3v) is 2.03. The van der Waals surface area contributed by atoms with Crippen molar-refractivity contribution in [3.8, 4) is 0 Å². The molecule has 0 atom stereocenters. The van der Waals surface area contributed by atoms with E-state index in [9.17, 15) is 39.0 Å². The molecule has 0 aromatic carbocycles. The Morgan fingerprint density at radius 1 is 0.692 bits per heavy atom. The van der Waals surface area contributed by atoms with Gasteiger partial charge in [0.05, 0.1) is 0 Å². The first-order chi connectivity index (χ1) is 11.5. The number of carboxylic acid groups (broad SMARTS) is 2. The fraction of sp³-hybridized carbons (Fsp3) is 0.625. The van der Waals surface area contributed by atoms with Gasteiger partial charge in [0.15, 0.2) is 0 Å². The Kier molecular flexibility index (Phi) is 25.6. The van der Waals surface area contributed by atoms with Gasteiger partial charge in [0.2, 0.25) is 0 Å². The number of carbonyl (C=O) groups excluding carboxylic acids is 6. The van der Waals surface area contributed by atoms with Gasteiger partial charge in [-0.05, 0) is 12.8 Å². The van der Waals surface area contributed by atoms with Crippen LogP contribution in [0.2, 0.25) is 0 Å². The van der Waals surface area contributed by atoms with Crippen molar-refractivity contribution in [3.05, 3.63) is 0 Å². The molecule has 0 heterocycles. The first-order valence-electron chi connectivity index (χ1n) is 7.58. The molecule has 10 heteroatoms. The van der Waals surface area contributed by atoms with E-state index in [-0.39, 0.29) is 28.9 Å². The minimum atomic E-state index is -1.28.